The van der Waals surface area contributed by atoms with E-state index >= 15 is 0 Å². The SMILES string of the molecule is Cc1cc(CC(C)N)nc(CC2CCCCO2)n1. The van der Waals surface area contributed by atoms with Crippen molar-refractivity contribution in [2.45, 2.75) is 58.1 Å². The molecule has 0 saturated carbocycles. The van der Waals surface area contributed by atoms with Crippen molar-refractivity contribution in [2.75, 3.05) is 6.61 Å². The van der Waals surface area contributed by atoms with Gasteiger partial charge >= 0.3 is 0 Å². The minimum absolute atomic E-state index is 0.137. The van der Waals surface area contributed by atoms with Crippen LogP contribution in [0, 0.1) is 6.92 Å². The van der Waals surface area contributed by atoms with E-state index in [9.17, 15) is 0 Å². The highest BCUT2D eigenvalue weighted by molar-refractivity contribution is 5.11. The molecule has 2 N–H and O–H groups in total. The van der Waals surface area contributed by atoms with Gasteiger partial charge in [0, 0.05) is 36.9 Å². The van der Waals surface area contributed by atoms with Crippen LogP contribution < -0.4 is 5.73 Å². The lowest BCUT2D eigenvalue weighted by atomic mass is 10.1. The first-order valence-corrected chi connectivity index (χ1v) is 6.84. The summed E-state index contributed by atoms with van der Waals surface area (Å²) >= 11 is 0. The van der Waals surface area contributed by atoms with E-state index in [1.165, 1.54) is 12.8 Å². The zero-order chi connectivity index (χ0) is 13.0. The van der Waals surface area contributed by atoms with Crippen molar-refractivity contribution in [1.29, 1.82) is 0 Å². The summed E-state index contributed by atoms with van der Waals surface area (Å²) in [5.41, 5.74) is 7.89. The maximum Gasteiger partial charge on any atom is 0.131 e. The summed E-state index contributed by atoms with van der Waals surface area (Å²) in [7, 11) is 0. The van der Waals surface area contributed by atoms with E-state index in [-0.39, 0.29) is 6.04 Å². The summed E-state index contributed by atoms with van der Waals surface area (Å²) in [4.78, 5) is 9.10. The minimum atomic E-state index is 0.137. The molecule has 4 heteroatoms. The number of nitrogens with two attached hydrogens (primary N) is 1. The molecular formula is C14H23N3O. The van der Waals surface area contributed by atoms with Gasteiger partial charge in [0.1, 0.15) is 5.82 Å². The number of nitrogens with zero attached hydrogens (tertiary/aromatic N) is 2. The summed E-state index contributed by atoms with van der Waals surface area (Å²) in [6, 6.07) is 2.16. The molecule has 0 radical (unpaired) electrons. The van der Waals surface area contributed by atoms with Gasteiger partial charge in [-0.05, 0) is 39.2 Å². The molecule has 2 rings (SSSR count). The Balaban J connectivity index is 2.04. The van der Waals surface area contributed by atoms with Crippen LogP contribution in [0.25, 0.3) is 0 Å². The average molecular weight is 249 g/mol. The van der Waals surface area contributed by atoms with Gasteiger partial charge in [-0.25, -0.2) is 9.97 Å². The van der Waals surface area contributed by atoms with Gasteiger partial charge in [0.15, 0.2) is 0 Å². The standard InChI is InChI=1S/C14H23N3O/c1-10(15)7-12-8-11(2)16-14(17-12)9-13-5-3-4-6-18-13/h8,10,13H,3-7,9,15H2,1-2H3. The van der Waals surface area contributed by atoms with Gasteiger partial charge in [-0.2, -0.15) is 0 Å². The first kappa shape index (κ1) is 13.4. The Morgan fingerprint density at radius 2 is 2.28 bits per heavy atom. The fourth-order valence-electron chi connectivity index (χ4n) is 2.40. The van der Waals surface area contributed by atoms with Crippen molar-refractivity contribution in [3.63, 3.8) is 0 Å². The largest absolute Gasteiger partial charge is 0.378 e. The van der Waals surface area contributed by atoms with Crippen molar-refractivity contribution in [3.8, 4) is 0 Å². The van der Waals surface area contributed by atoms with E-state index in [1.54, 1.807) is 0 Å². The van der Waals surface area contributed by atoms with Crippen LogP contribution in [0.4, 0.5) is 0 Å². The molecule has 2 heterocycles. The monoisotopic (exact) mass is 249 g/mol. The topological polar surface area (TPSA) is 61.0 Å². The second-order valence-electron chi connectivity index (χ2n) is 5.29. The Morgan fingerprint density at radius 3 is 2.94 bits per heavy atom. The fraction of sp³-hybridized carbons (Fsp3) is 0.714. The van der Waals surface area contributed by atoms with Crippen LogP contribution in [-0.2, 0) is 17.6 Å². The number of hydrogen-bond acceptors (Lipinski definition) is 4. The van der Waals surface area contributed by atoms with Crippen LogP contribution in [0.2, 0.25) is 0 Å². The van der Waals surface area contributed by atoms with Crippen molar-refractivity contribution in [2.24, 2.45) is 5.73 Å². The summed E-state index contributed by atoms with van der Waals surface area (Å²) in [6.45, 7) is 4.89. The smallest absolute Gasteiger partial charge is 0.131 e. The number of hydrogen-bond donors (Lipinski definition) is 1. The minimum Gasteiger partial charge on any atom is -0.378 e. The molecule has 1 saturated heterocycles. The molecule has 1 aromatic rings. The van der Waals surface area contributed by atoms with E-state index in [4.69, 9.17) is 10.5 Å². The van der Waals surface area contributed by atoms with Crippen LogP contribution in [-0.4, -0.2) is 28.7 Å². The highest BCUT2D eigenvalue weighted by atomic mass is 16.5. The van der Waals surface area contributed by atoms with Gasteiger partial charge < -0.3 is 10.5 Å². The number of ether oxygens (including phenoxy) is 1. The van der Waals surface area contributed by atoms with Crippen molar-refractivity contribution >= 4 is 0 Å². The van der Waals surface area contributed by atoms with Crippen molar-refractivity contribution in [1.82, 2.24) is 9.97 Å². The average Bonchev–Trinajstić information content (AvgIpc) is 2.28. The second-order valence-corrected chi connectivity index (χ2v) is 5.29. The summed E-state index contributed by atoms with van der Waals surface area (Å²) in [5.74, 6) is 0.901. The lowest BCUT2D eigenvalue weighted by Gasteiger charge is -2.22. The predicted octanol–water partition coefficient (Wildman–Crippen LogP) is 1.79. The van der Waals surface area contributed by atoms with Crippen LogP contribution in [0.1, 0.15) is 43.4 Å². The number of rotatable bonds is 4. The first-order valence-electron chi connectivity index (χ1n) is 6.84. The Labute approximate surface area is 109 Å². The lowest BCUT2D eigenvalue weighted by Crippen LogP contribution is -2.23. The van der Waals surface area contributed by atoms with Gasteiger partial charge in [0.2, 0.25) is 0 Å². The number of aryl methyl sites for hydroxylation is 1. The highest BCUT2D eigenvalue weighted by Crippen LogP contribution is 2.16. The second kappa shape index (κ2) is 6.25. The molecule has 0 aliphatic carbocycles. The highest BCUT2D eigenvalue weighted by Gasteiger charge is 2.16. The normalized spacial score (nSPS) is 21.8. The molecule has 1 aliphatic heterocycles. The van der Waals surface area contributed by atoms with Crippen molar-refractivity contribution < 1.29 is 4.74 Å². The zero-order valence-electron chi connectivity index (χ0n) is 11.4. The van der Waals surface area contributed by atoms with Crippen LogP contribution in [0.15, 0.2) is 6.07 Å². The van der Waals surface area contributed by atoms with Gasteiger partial charge in [0.05, 0.1) is 6.10 Å². The van der Waals surface area contributed by atoms with Crippen molar-refractivity contribution in [3.05, 3.63) is 23.3 Å². The van der Waals surface area contributed by atoms with Crippen LogP contribution in [0.3, 0.4) is 0 Å². The zero-order valence-corrected chi connectivity index (χ0v) is 11.4. The van der Waals surface area contributed by atoms with E-state index in [0.717, 1.165) is 43.1 Å². The van der Waals surface area contributed by atoms with Gasteiger partial charge in [-0.15, -0.1) is 0 Å². The maximum atomic E-state index is 5.82. The first-order chi connectivity index (χ1) is 8.63. The van der Waals surface area contributed by atoms with Gasteiger partial charge in [-0.1, -0.05) is 0 Å². The van der Waals surface area contributed by atoms with Crippen LogP contribution in [0.5, 0.6) is 0 Å². The molecule has 100 valence electrons. The molecule has 4 nitrogen and oxygen atoms in total. The third-order valence-corrected chi connectivity index (χ3v) is 3.17. The Kier molecular flexibility index (Phi) is 4.66. The predicted molar refractivity (Wildman–Crippen MR) is 71.4 cm³/mol. The van der Waals surface area contributed by atoms with Gasteiger partial charge in [-0.3, -0.25) is 0 Å². The lowest BCUT2D eigenvalue weighted by molar-refractivity contribution is 0.0156. The Bertz CT molecular complexity index is 387. The van der Waals surface area contributed by atoms with E-state index in [0.29, 0.717) is 6.10 Å². The van der Waals surface area contributed by atoms with E-state index < -0.39 is 0 Å². The van der Waals surface area contributed by atoms with E-state index in [1.807, 2.05) is 19.9 Å². The molecule has 2 atom stereocenters. The third kappa shape index (κ3) is 4.03. The van der Waals surface area contributed by atoms with Gasteiger partial charge in [0.25, 0.3) is 0 Å². The molecule has 2 unspecified atom stereocenters. The summed E-state index contributed by atoms with van der Waals surface area (Å²) in [5, 5.41) is 0. The Hall–Kier alpha value is -1.00. The molecule has 1 fully saturated rings. The Morgan fingerprint density at radius 1 is 1.44 bits per heavy atom. The summed E-state index contributed by atoms with van der Waals surface area (Å²) in [6.07, 6.45) is 5.49. The molecule has 1 aliphatic rings. The maximum absolute atomic E-state index is 5.82. The fourth-order valence-corrected chi connectivity index (χ4v) is 2.40. The third-order valence-electron chi connectivity index (χ3n) is 3.17. The molecular weight excluding hydrogens is 226 g/mol. The van der Waals surface area contributed by atoms with Crippen LogP contribution >= 0.6 is 0 Å². The molecule has 18 heavy (non-hydrogen) atoms. The summed E-state index contributed by atoms with van der Waals surface area (Å²) < 4.78 is 5.74. The molecule has 0 spiro atoms. The quantitative estimate of drug-likeness (QED) is 0.883. The number of aromatic nitrogens is 2. The molecule has 1 aromatic heterocycles. The molecule has 0 aromatic carbocycles. The van der Waals surface area contributed by atoms with E-state index in [2.05, 4.69) is 9.97 Å². The molecule has 0 amide bonds. The molecule has 0 bridgehead atoms.